The minimum atomic E-state index is -0.700. The number of aromatic nitrogens is 6. The second-order valence-corrected chi connectivity index (χ2v) is 11.9. The second-order valence-electron chi connectivity index (χ2n) is 11.9. The van der Waals surface area contributed by atoms with Crippen LogP contribution in [-0.2, 0) is 13.7 Å². The van der Waals surface area contributed by atoms with Gasteiger partial charge in [0.25, 0.3) is 11.1 Å². The quantitative estimate of drug-likeness (QED) is 0.233. The Bertz CT molecular complexity index is 2070. The van der Waals surface area contributed by atoms with Gasteiger partial charge in [-0.15, -0.1) is 10.2 Å². The third-order valence-corrected chi connectivity index (χ3v) is 7.19. The highest BCUT2D eigenvalue weighted by Crippen LogP contribution is 2.29. The zero-order valence-electron chi connectivity index (χ0n) is 26.5. The smallest absolute Gasteiger partial charge is 0.290 e. The number of ether oxygens (including phenoxy) is 1. The predicted octanol–water partition coefficient (Wildman–Crippen LogP) is 4.06. The third-order valence-electron chi connectivity index (χ3n) is 7.19. The Balaban J connectivity index is 1.52. The van der Waals surface area contributed by atoms with Crippen LogP contribution in [0.25, 0.3) is 33.3 Å². The van der Waals surface area contributed by atoms with Gasteiger partial charge >= 0.3 is 0 Å². The Kier molecular flexibility index (Phi) is 8.81. The topological polar surface area (TPSA) is 140 Å². The minimum Gasteiger partial charge on any atom is -0.469 e. The van der Waals surface area contributed by atoms with E-state index in [-0.39, 0.29) is 16.8 Å². The summed E-state index contributed by atoms with van der Waals surface area (Å²) in [5.74, 6) is -0.0699. The number of benzene rings is 2. The van der Waals surface area contributed by atoms with Crippen LogP contribution in [0.15, 0.2) is 70.9 Å². The van der Waals surface area contributed by atoms with Gasteiger partial charge in [-0.1, -0.05) is 24.3 Å². The fourth-order valence-electron chi connectivity index (χ4n) is 5.32. The van der Waals surface area contributed by atoms with Gasteiger partial charge in [0.05, 0.1) is 29.6 Å². The predicted molar refractivity (Wildman–Crippen MR) is 175 cm³/mol. The van der Waals surface area contributed by atoms with Crippen LogP contribution in [-0.4, -0.2) is 66.0 Å². The lowest BCUT2D eigenvalue weighted by atomic mass is 10.0. The van der Waals surface area contributed by atoms with Crippen LogP contribution in [0.2, 0.25) is 0 Å². The number of nitrogens with zero attached hydrogens (tertiary/aromatic N) is 7. The number of fused-ring (bicyclic) bond motifs is 1. The molecule has 0 fully saturated rings. The molecule has 0 radical (unpaired) electrons. The van der Waals surface area contributed by atoms with Gasteiger partial charge < -0.3 is 20.1 Å². The molecule has 0 unspecified atom stereocenters. The van der Waals surface area contributed by atoms with E-state index in [0.717, 1.165) is 9.36 Å². The molecular formula is C33H35FN8O4. The Labute approximate surface area is 264 Å². The molecule has 0 amide bonds. The van der Waals surface area contributed by atoms with Crippen molar-refractivity contribution in [3.05, 3.63) is 99.0 Å². The van der Waals surface area contributed by atoms with Crippen LogP contribution in [0.4, 0.5) is 15.9 Å². The molecule has 13 heteroatoms. The van der Waals surface area contributed by atoms with Crippen molar-refractivity contribution in [1.82, 2.24) is 34.7 Å². The number of anilines is 2. The molecule has 2 aromatic carbocycles. The molecule has 0 spiro atoms. The number of hydrogen-bond donors (Lipinski definition) is 2. The SMILES string of the molecule is C=C(C)c1cc(F)c2c(=O)n(-c3cccc(-c4cc(Nc5ccc(OC(C)(C)CN(C)C)nn5)c(=O)n(C)n4)c3CO)ncc2c1. The Morgan fingerprint density at radius 1 is 1.11 bits per heavy atom. The zero-order valence-corrected chi connectivity index (χ0v) is 26.5. The van der Waals surface area contributed by atoms with Crippen LogP contribution < -0.4 is 21.2 Å². The number of halogens is 1. The van der Waals surface area contributed by atoms with Crippen molar-refractivity contribution < 1.29 is 14.2 Å². The minimum absolute atomic E-state index is 0.139. The average molecular weight is 627 g/mol. The van der Waals surface area contributed by atoms with Gasteiger partial charge in [-0.25, -0.2) is 9.07 Å². The second kappa shape index (κ2) is 12.6. The number of likely N-dealkylation sites (N-methyl/N-ethyl adjacent to an activating group) is 1. The average Bonchev–Trinajstić information content (AvgIpc) is 2.99. The van der Waals surface area contributed by atoms with Crippen LogP contribution in [0.1, 0.15) is 31.9 Å². The number of aliphatic hydroxyl groups excluding tert-OH is 1. The molecule has 0 atom stereocenters. The van der Waals surface area contributed by atoms with Gasteiger partial charge in [0.2, 0.25) is 5.88 Å². The van der Waals surface area contributed by atoms with Gasteiger partial charge in [-0.05, 0) is 70.8 Å². The first-order valence-electron chi connectivity index (χ1n) is 14.4. The van der Waals surface area contributed by atoms with Crippen molar-refractivity contribution in [1.29, 1.82) is 0 Å². The van der Waals surface area contributed by atoms with E-state index < -0.39 is 29.1 Å². The molecule has 5 rings (SSSR count). The molecule has 0 aliphatic carbocycles. The molecule has 0 saturated carbocycles. The van der Waals surface area contributed by atoms with Crippen molar-refractivity contribution in [2.24, 2.45) is 7.05 Å². The van der Waals surface area contributed by atoms with Gasteiger partial charge in [0.15, 0.2) is 5.82 Å². The molecule has 3 aromatic heterocycles. The maximum atomic E-state index is 15.1. The summed E-state index contributed by atoms with van der Waals surface area (Å²) in [6, 6.07) is 12.7. The van der Waals surface area contributed by atoms with Gasteiger partial charge in [0, 0.05) is 36.2 Å². The summed E-state index contributed by atoms with van der Waals surface area (Å²) < 4.78 is 23.3. The number of hydrogen-bond acceptors (Lipinski definition) is 10. The highest BCUT2D eigenvalue weighted by Gasteiger charge is 2.22. The molecule has 5 aromatic rings. The Morgan fingerprint density at radius 3 is 2.52 bits per heavy atom. The van der Waals surface area contributed by atoms with Crippen LogP contribution in [0, 0.1) is 5.82 Å². The van der Waals surface area contributed by atoms with Crippen molar-refractivity contribution in [3.8, 4) is 22.8 Å². The van der Waals surface area contributed by atoms with Crippen molar-refractivity contribution in [2.75, 3.05) is 26.0 Å². The molecule has 46 heavy (non-hydrogen) atoms. The van der Waals surface area contributed by atoms with Crippen LogP contribution >= 0.6 is 0 Å². The van der Waals surface area contributed by atoms with Crippen LogP contribution in [0.5, 0.6) is 5.88 Å². The largest absolute Gasteiger partial charge is 0.469 e. The number of nitrogens with one attached hydrogen (secondary N) is 1. The molecule has 238 valence electrons. The van der Waals surface area contributed by atoms with Crippen molar-refractivity contribution in [2.45, 2.75) is 33.0 Å². The number of rotatable bonds is 10. The maximum Gasteiger partial charge on any atom is 0.290 e. The van der Waals surface area contributed by atoms with E-state index in [9.17, 15) is 14.7 Å². The maximum absolute atomic E-state index is 15.1. The fraction of sp³-hybridized carbons (Fsp3) is 0.273. The normalized spacial score (nSPS) is 11.7. The number of aryl methyl sites for hydroxylation is 1. The first-order chi connectivity index (χ1) is 21.8. The summed E-state index contributed by atoms with van der Waals surface area (Å²) in [7, 11) is 5.40. The molecule has 0 saturated heterocycles. The molecule has 2 N–H and O–H groups in total. The monoisotopic (exact) mass is 626 g/mol. The third kappa shape index (κ3) is 6.55. The number of allylic oxidation sites excluding steroid dienone is 1. The van der Waals surface area contributed by atoms with Crippen molar-refractivity contribution >= 4 is 27.9 Å². The molecule has 0 bridgehead atoms. The Morgan fingerprint density at radius 2 is 1.87 bits per heavy atom. The van der Waals surface area contributed by atoms with E-state index in [1.807, 2.05) is 32.8 Å². The van der Waals surface area contributed by atoms with Gasteiger partial charge in [-0.2, -0.15) is 14.9 Å². The van der Waals surface area contributed by atoms with E-state index in [0.29, 0.717) is 51.6 Å². The first kappa shape index (κ1) is 32.1. The van der Waals surface area contributed by atoms with E-state index in [1.54, 1.807) is 43.3 Å². The summed E-state index contributed by atoms with van der Waals surface area (Å²) in [5, 5.41) is 30.7. The lowest BCUT2D eigenvalue weighted by Gasteiger charge is -2.28. The van der Waals surface area contributed by atoms with Crippen molar-refractivity contribution in [3.63, 3.8) is 0 Å². The highest BCUT2D eigenvalue weighted by molar-refractivity contribution is 5.85. The lowest BCUT2D eigenvalue weighted by molar-refractivity contribution is 0.0715. The zero-order chi connectivity index (χ0) is 33.3. The molecule has 0 aliphatic heterocycles. The summed E-state index contributed by atoms with van der Waals surface area (Å²) in [5.41, 5.74) is 1.02. The van der Waals surface area contributed by atoms with E-state index >= 15 is 4.39 Å². The summed E-state index contributed by atoms with van der Waals surface area (Å²) in [6.45, 7) is 9.65. The summed E-state index contributed by atoms with van der Waals surface area (Å²) in [4.78, 5) is 28.6. The standard InChI is InChI=1S/C33H35FN8O4/c1-19(2)20-13-21-16-35-42(32(45)30(21)24(34)14-20)27-10-8-9-22(23(27)17-43)25-15-26(31(44)41(7)39-25)36-28-11-12-29(38-37-28)46-33(3,4)18-40(5)6/h8-16,43H,1,17-18H2,2-7H3,(H,36,37). The van der Waals surface area contributed by atoms with Gasteiger partial charge in [-0.3, -0.25) is 9.59 Å². The van der Waals surface area contributed by atoms with E-state index in [1.165, 1.54) is 25.4 Å². The fourth-order valence-corrected chi connectivity index (χ4v) is 5.32. The van der Waals surface area contributed by atoms with Crippen LogP contribution in [0.3, 0.4) is 0 Å². The number of aliphatic hydroxyl groups is 1. The Hall–Kier alpha value is -5.27. The summed E-state index contributed by atoms with van der Waals surface area (Å²) in [6.07, 6.45) is 1.40. The molecular weight excluding hydrogens is 591 g/mol. The lowest BCUT2D eigenvalue weighted by Crippen LogP contribution is -2.39. The van der Waals surface area contributed by atoms with Gasteiger partial charge in [0.1, 0.15) is 17.1 Å². The summed E-state index contributed by atoms with van der Waals surface area (Å²) >= 11 is 0. The van der Waals surface area contributed by atoms with E-state index in [2.05, 4.69) is 32.3 Å². The first-order valence-corrected chi connectivity index (χ1v) is 14.4. The highest BCUT2D eigenvalue weighted by atomic mass is 19.1. The molecule has 3 heterocycles. The molecule has 0 aliphatic rings. The van der Waals surface area contributed by atoms with E-state index in [4.69, 9.17) is 4.74 Å². The molecule has 12 nitrogen and oxygen atoms in total.